The van der Waals surface area contributed by atoms with Gasteiger partial charge in [-0.2, -0.15) is 0 Å². The Morgan fingerprint density at radius 3 is 2.22 bits per heavy atom. The van der Waals surface area contributed by atoms with Crippen LogP contribution in [0, 0.1) is 5.92 Å². The molecule has 0 aliphatic rings. The second-order valence-electron chi connectivity index (χ2n) is 4.89. The first-order chi connectivity index (χ1) is 8.33. The van der Waals surface area contributed by atoms with Crippen LogP contribution in [0.3, 0.4) is 0 Å². The van der Waals surface area contributed by atoms with Crippen molar-refractivity contribution in [2.75, 3.05) is 13.7 Å². The van der Waals surface area contributed by atoms with Gasteiger partial charge in [0, 0.05) is 18.7 Å². The SMILES string of the molecule is CCC(C)N(CC(C)C(=O)OC)C(=O)C=C(C)C. The van der Waals surface area contributed by atoms with Gasteiger partial charge in [-0.1, -0.05) is 19.4 Å². The van der Waals surface area contributed by atoms with Gasteiger partial charge >= 0.3 is 5.97 Å². The number of carbonyl (C=O) groups excluding carboxylic acids is 2. The number of amides is 1. The number of allylic oxidation sites excluding steroid dienone is 1. The van der Waals surface area contributed by atoms with Crippen molar-refractivity contribution >= 4 is 11.9 Å². The van der Waals surface area contributed by atoms with Gasteiger partial charge in [0.15, 0.2) is 0 Å². The lowest BCUT2D eigenvalue weighted by molar-refractivity contribution is -0.146. The molecule has 0 aromatic heterocycles. The summed E-state index contributed by atoms with van der Waals surface area (Å²) in [6, 6.07) is 0.111. The molecule has 0 aromatic rings. The minimum Gasteiger partial charge on any atom is -0.469 e. The molecule has 0 aliphatic carbocycles. The maximum absolute atomic E-state index is 12.1. The van der Waals surface area contributed by atoms with Gasteiger partial charge in [0.2, 0.25) is 5.91 Å². The largest absolute Gasteiger partial charge is 0.469 e. The summed E-state index contributed by atoms with van der Waals surface area (Å²) in [5.41, 5.74) is 0.957. The molecule has 0 saturated heterocycles. The fourth-order valence-electron chi connectivity index (χ4n) is 1.61. The molecule has 0 N–H and O–H groups in total. The third-order valence-electron chi connectivity index (χ3n) is 2.89. The molecule has 18 heavy (non-hydrogen) atoms. The lowest BCUT2D eigenvalue weighted by Gasteiger charge is -2.29. The molecule has 2 unspecified atom stereocenters. The molecule has 0 radical (unpaired) electrons. The van der Waals surface area contributed by atoms with Crippen molar-refractivity contribution in [1.82, 2.24) is 4.90 Å². The molecule has 0 saturated carbocycles. The summed E-state index contributed by atoms with van der Waals surface area (Å²) in [5, 5.41) is 0. The van der Waals surface area contributed by atoms with Crippen molar-refractivity contribution in [3.05, 3.63) is 11.6 Å². The number of hydrogen-bond donors (Lipinski definition) is 0. The molecule has 0 aromatic carbocycles. The zero-order valence-corrected chi connectivity index (χ0v) is 12.3. The maximum atomic E-state index is 12.1. The number of nitrogens with zero attached hydrogens (tertiary/aromatic N) is 1. The number of esters is 1. The van der Waals surface area contributed by atoms with Gasteiger partial charge in [0.05, 0.1) is 13.0 Å². The van der Waals surface area contributed by atoms with Crippen LogP contribution in [-0.2, 0) is 14.3 Å². The number of rotatable bonds is 6. The van der Waals surface area contributed by atoms with E-state index in [4.69, 9.17) is 4.74 Å². The van der Waals surface area contributed by atoms with Crippen molar-refractivity contribution in [3.63, 3.8) is 0 Å². The Morgan fingerprint density at radius 2 is 1.83 bits per heavy atom. The van der Waals surface area contributed by atoms with Gasteiger partial charge in [-0.05, 0) is 27.2 Å². The van der Waals surface area contributed by atoms with Crippen LogP contribution in [0.5, 0.6) is 0 Å². The highest BCUT2D eigenvalue weighted by molar-refractivity contribution is 5.88. The molecule has 0 fully saturated rings. The van der Waals surface area contributed by atoms with Crippen LogP contribution in [0.2, 0.25) is 0 Å². The smallest absolute Gasteiger partial charge is 0.310 e. The molecule has 2 atom stereocenters. The molecular weight excluding hydrogens is 230 g/mol. The topological polar surface area (TPSA) is 46.6 Å². The lowest BCUT2D eigenvalue weighted by atomic mass is 10.1. The first kappa shape index (κ1) is 16.7. The Kier molecular flexibility index (Phi) is 7.32. The summed E-state index contributed by atoms with van der Waals surface area (Å²) in [5.74, 6) is -0.632. The zero-order chi connectivity index (χ0) is 14.3. The number of carbonyl (C=O) groups is 2. The molecule has 0 aliphatic heterocycles. The van der Waals surface area contributed by atoms with Crippen molar-refractivity contribution in [1.29, 1.82) is 0 Å². The van der Waals surface area contributed by atoms with E-state index in [0.717, 1.165) is 12.0 Å². The average molecular weight is 255 g/mol. The predicted molar refractivity (Wildman–Crippen MR) is 72.1 cm³/mol. The molecule has 0 rings (SSSR count). The van der Waals surface area contributed by atoms with Crippen LogP contribution in [0.4, 0.5) is 0 Å². The Balaban J connectivity index is 4.85. The van der Waals surface area contributed by atoms with Gasteiger partial charge in [-0.15, -0.1) is 0 Å². The van der Waals surface area contributed by atoms with Gasteiger partial charge in [-0.25, -0.2) is 0 Å². The number of ether oxygens (including phenoxy) is 1. The van der Waals surface area contributed by atoms with Crippen LogP contribution >= 0.6 is 0 Å². The highest BCUT2D eigenvalue weighted by atomic mass is 16.5. The predicted octanol–water partition coefficient (Wildman–Crippen LogP) is 2.39. The molecule has 104 valence electrons. The normalized spacial score (nSPS) is 13.4. The summed E-state index contributed by atoms with van der Waals surface area (Å²) in [6.45, 7) is 9.95. The number of hydrogen-bond acceptors (Lipinski definition) is 3. The van der Waals surface area contributed by atoms with Crippen LogP contribution in [0.1, 0.15) is 41.0 Å². The Labute approximate surface area is 110 Å². The Morgan fingerprint density at radius 1 is 1.28 bits per heavy atom. The van der Waals surface area contributed by atoms with E-state index >= 15 is 0 Å². The van der Waals surface area contributed by atoms with E-state index in [1.54, 1.807) is 17.9 Å². The Bertz CT molecular complexity index is 319. The first-order valence-electron chi connectivity index (χ1n) is 6.36. The minimum atomic E-state index is -0.307. The van der Waals surface area contributed by atoms with Gasteiger partial charge in [0.25, 0.3) is 0 Å². The second kappa shape index (κ2) is 7.90. The van der Waals surface area contributed by atoms with Crippen LogP contribution in [-0.4, -0.2) is 36.5 Å². The van der Waals surface area contributed by atoms with Gasteiger partial charge in [-0.3, -0.25) is 9.59 Å². The van der Waals surface area contributed by atoms with Gasteiger partial charge in [0.1, 0.15) is 0 Å². The van der Waals surface area contributed by atoms with E-state index in [0.29, 0.717) is 6.54 Å². The lowest BCUT2D eigenvalue weighted by Crippen LogP contribution is -2.42. The monoisotopic (exact) mass is 255 g/mol. The van der Waals surface area contributed by atoms with Crippen LogP contribution in [0.25, 0.3) is 0 Å². The molecule has 1 amide bonds. The minimum absolute atomic E-state index is 0.0416. The molecule has 0 bridgehead atoms. The fraction of sp³-hybridized carbons (Fsp3) is 0.714. The third-order valence-corrected chi connectivity index (χ3v) is 2.89. The van der Waals surface area contributed by atoms with E-state index in [1.807, 2.05) is 27.7 Å². The highest BCUT2D eigenvalue weighted by Gasteiger charge is 2.23. The van der Waals surface area contributed by atoms with Crippen LogP contribution < -0.4 is 0 Å². The standard InChI is InChI=1S/C14H25NO3/c1-7-12(5)15(13(16)8-10(2)3)9-11(4)14(17)18-6/h8,11-12H,7,9H2,1-6H3. The van der Waals surface area contributed by atoms with Gasteiger partial charge < -0.3 is 9.64 Å². The third kappa shape index (κ3) is 5.34. The summed E-state index contributed by atoms with van der Waals surface area (Å²) in [4.78, 5) is 25.3. The first-order valence-corrected chi connectivity index (χ1v) is 6.36. The fourth-order valence-corrected chi connectivity index (χ4v) is 1.61. The van der Waals surface area contributed by atoms with Crippen molar-refractivity contribution in [3.8, 4) is 0 Å². The maximum Gasteiger partial charge on any atom is 0.310 e. The van der Waals surface area contributed by atoms with E-state index < -0.39 is 0 Å². The van der Waals surface area contributed by atoms with E-state index in [1.165, 1.54) is 7.11 Å². The summed E-state index contributed by atoms with van der Waals surface area (Å²) in [6.07, 6.45) is 2.46. The zero-order valence-electron chi connectivity index (χ0n) is 12.3. The highest BCUT2D eigenvalue weighted by Crippen LogP contribution is 2.11. The summed E-state index contributed by atoms with van der Waals surface area (Å²) < 4.78 is 4.69. The number of methoxy groups -OCH3 is 1. The Hall–Kier alpha value is -1.32. The van der Waals surface area contributed by atoms with Crippen molar-refractivity contribution in [2.24, 2.45) is 5.92 Å². The molecule has 0 spiro atoms. The molecule has 0 heterocycles. The summed E-state index contributed by atoms with van der Waals surface area (Å²) >= 11 is 0. The summed E-state index contributed by atoms with van der Waals surface area (Å²) in [7, 11) is 1.37. The molecular formula is C14H25NO3. The molecule has 4 heteroatoms. The second-order valence-corrected chi connectivity index (χ2v) is 4.89. The molecule has 4 nitrogen and oxygen atoms in total. The van der Waals surface area contributed by atoms with Crippen LogP contribution in [0.15, 0.2) is 11.6 Å². The van der Waals surface area contributed by atoms with E-state index in [-0.39, 0.29) is 23.8 Å². The quantitative estimate of drug-likeness (QED) is 0.541. The van der Waals surface area contributed by atoms with E-state index in [2.05, 4.69) is 0 Å². The van der Waals surface area contributed by atoms with E-state index in [9.17, 15) is 9.59 Å². The average Bonchev–Trinajstić information content (AvgIpc) is 2.32. The van der Waals surface area contributed by atoms with Crippen molar-refractivity contribution < 1.29 is 14.3 Å². The van der Waals surface area contributed by atoms with Crippen molar-refractivity contribution in [2.45, 2.75) is 47.1 Å².